The van der Waals surface area contributed by atoms with Crippen LogP contribution in [0.2, 0.25) is 0 Å². The molecule has 0 aromatic heterocycles. The van der Waals surface area contributed by atoms with Crippen LogP contribution in [0.4, 0.5) is 0 Å². The Balaban J connectivity index is 1.36. The standard InChI is InChI=1S/C21H31N3O5S/c1-2-30(27,28)24-10-8-19(9-11-24)21(26)29-17-20(25)23-14-12-22(13-15-23)16-18-6-4-3-5-7-18/h3-7,19H,2,8-17H2,1H3. The summed E-state index contributed by atoms with van der Waals surface area (Å²) in [6.07, 6.45) is 0.870. The number of hydrogen-bond acceptors (Lipinski definition) is 6. The van der Waals surface area contributed by atoms with Crippen molar-refractivity contribution in [1.82, 2.24) is 14.1 Å². The third-order valence-corrected chi connectivity index (χ3v) is 7.74. The molecule has 2 aliphatic heterocycles. The second-order valence-electron chi connectivity index (χ2n) is 7.82. The summed E-state index contributed by atoms with van der Waals surface area (Å²) in [6, 6.07) is 10.2. The van der Waals surface area contributed by atoms with Crippen LogP contribution in [0.3, 0.4) is 0 Å². The zero-order valence-corrected chi connectivity index (χ0v) is 18.3. The number of hydrogen-bond donors (Lipinski definition) is 0. The summed E-state index contributed by atoms with van der Waals surface area (Å²) in [5.41, 5.74) is 1.25. The van der Waals surface area contributed by atoms with E-state index in [0.29, 0.717) is 39.0 Å². The lowest BCUT2D eigenvalue weighted by Crippen LogP contribution is -2.49. The Kier molecular flexibility index (Phi) is 7.85. The highest BCUT2D eigenvalue weighted by atomic mass is 32.2. The van der Waals surface area contributed by atoms with E-state index in [1.54, 1.807) is 11.8 Å². The van der Waals surface area contributed by atoms with Gasteiger partial charge in [0.2, 0.25) is 10.0 Å². The number of amides is 1. The number of ether oxygens (including phenoxy) is 1. The Morgan fingerprint density at radius 3 is 2.23 bits per heavy atom. The number of piperazine rings is 1. The Labute approximate surface area is 178 Å². The lowest BCUT2D eigenvalue weighted by atomic mass is 9.98. The number of benzene rings is 1. The van der Waals surface area contributed by atoms with Gasteiger partial charge in [-0.2, -0.15) is 0 Å². The third kappa shape index (κ3) is 6.02. The molecular weight excluding hydrogens is 406 g/mol. The van der Waals surface area contributed by atoms with Crippen molar-refractivity contribution < 1.29 is 22.7 Å². The summed E-state index contributed by atoms with van der Waals surface area (Å²) in [5.74, 6) is -0.855. The van der Waals surface area contributed by atoms with E-state index >= 15 is 0 Å². The van der Waals surface area contributed by atoms with Gasteiger partial charge in [-0.05, 0) is 25.3 Å². The SMILES string of the molecule is CCS(=O)(=O)N1CCC(C(=O)OCC(=O)N2CCN(Cc3ccccc3)CC2)CC1. The van der Waals surface area contributed by atoms with Crippen molar-refractivity contribution in [3.05, 3.63) is 35.9 Å². The van der Waals surface area contributed by atoms with Crippen molar-refractivity contribution in [3.8, 4) is 0 Å². The molecule has 1 aromatic rings. The first-order valence-corrected chi connectivity index (χ1v) is 12.2. The van der Waals surface area contributed by atoms with Crippen LogP contribution in [-0.2, 0) is 30.9 Å². The van der Waals surface area contributed by atoms with Crippen molar-refractivity contribution in [2.24, 2.45) is 5.92 Å². The minimum Gasteiger partial charge on any atom is -0.455 e. The van der Waals surface area contributed by atoms with Crippen LogP contribution < -0.4 is 0 Å². The number of sulfonamides is 1. The maximum Gasteiger partial charge on any atom is 0.309 e. The van der Waals surface area contributed by atoms with E-state index in [-0.39, 0.29) is 24.2 Å². The van der Waals surface area contributed by atoms with Crippen molar-refractivity contribution in [2.45, 2.75) is 26.3 Å². The molecule has 0 N–H and O–H groups in total. The Bertz CT molecular complexity index is 814. The molecular formula is C21H31N3O5S. The number of rotatable bonds is 7. The fraction of sp³-hybridized carbons (Fsp3) is 0.619. The third-order valence-electron chi connectivity index (χ3n) is 5.86. The molecule has 2 aliphatic rings. The zero-order valence-electron chi connectivity index (χ0n) is 17.5. The number of esters is 1. The van der Waals surface area contributed by atoms with Gasteiger partial charge in [-0.25, -0.2) is 12.7 Å². The van der Waals surface area contributed by atoms with Gasteiger partial charge in [0.1, 0.15) is 0 Å². The van der Waals surface area contributed by atoms with E-state index in [4.69, 9.17) is 4.74 Å². The lowest BCUT2D eigenvalue weighted by molar-refractivity contribution is -0.157. The molecule has 166 valence electrons. The second kappa shape index (κ2) is 10.4. The van der Waals surface area contributed by atoms with Crippen LogP contribution in [-0.4, -0.2) is 86.0 Å². The first-order valence-electron chi connectivity index (χ1n) is 10.6. The molecule has 30 heavy (non-hydrogen) atoms. The average Bonchev–Trinajstić information content (AvgIpc) is 2.78. The van der Waals surface area contributed by atoms with Crippen molar-refractivity contribution >= 4 is 21.9 Å². The highest BCUT2D eigenvalue weighted by Gasteiger charge is 2.31. The van der Waals surface area contributed by atoms with E-state index in [9.17, 15) is 18.0 Å². The normalized spacial score (nSPS) is 19.6. The number of carbonyl (C=O) groups is 2. The van der Waals surface area contributed by atoms with Crippen LogP contribution in [0, 0.1) is 5.92 Å². The molecule has 0 spiro atoms. The van der Waals surface area contributed by atoms with Crippen molar-refractivity contribution in [1.29, 1.82) is 0 Å². The van der Waals surface area contributed by atoms with Gasteiger partial charge in [-0.15, -0.1) is 0 Å². The molecule has 0 radical (unpaired) electrons. The fourth-order valence-corrected chi connectivity index (χ4v) is 5.02. The number of piperidine rings is 1. The smallest absolute Gasteiger partial charge is 0.309 e. The minimum absolute atomic E-state index is 0.0647. The maximum atomic E-state index is 12.4. The van der Waals surface area contributed by atoms with Crippen LogP contribution in [0.25, 0.3) is 0 Å². The van der Waals surface area contributed by atoms with E-state index in [0.717, 1.165) is 19.6 Å². The molecule has 9 heteroatoms. The van der Waals surface area contributed by atoms with Crippen LogP contribution >= 0.6 is 0 Å². The Morgan fingerprint density at radius 1 is 1.00 bits per heavy atom. The summed E-state index contributed by atoms with van der Waals surface area (Å²) in [5, 5.41) is 0. The quantitative estimate of drug-likeness (QED) is 0.590. The van der Waals surface area contributed by atoms with Gasteiger partial charge < -0.3 is 9.64 Å². The molecule has 0 saturated carbocycles. The summed E-state index contributed by atoms with van der Waals surface area (Å²) < 4.78 is 30.5. The van der Waals surface area contributed by atoms with Gasteiger partial charge >= 0.3 is 5.97 Å². The van der Waals surface area contributed by atoms with Gasteiger partial charge in [0, 0.05) is 45.8 Å². The average molecular weight is 438 g/mol. The van der Waals surface area contributed by atoms with Gasteiger partial charge in [0.05, 0.1) is 11.7 Å². The van der Waals surface area contributed by atoms with Gasteiger partial charge in [0.25, 0.3) is 5.91 Å². The largest absolute Gasteiger partial charge is 0.455 e. The van der Waals surface area contributed by atoms with E-state index in [1.165, 1.54) is 9.87 Å². The van der Waals surface area contributed by atoms with E-state index < -0.39 is 16.0 Å². The molecule has 0 aliphatic carbocycles. The molecule has 8 nitrogen and oxygen atoms in total. The molecule has 2 saturated heterocycles. The molecule has 0 bridgehead atoms. The molecule has 2 heterocycles. The molecule has 0 atom stereocenters. The van der Waals surface area contributed by atoms with Crippen molar-refractivity contribution in [2.75, 3.05) is 51.6 Å². The predicted molar refractivity (Wildman–Crippen MR) is 113 cm³/mol. The zero-order chi connectivity index (χ0) is 21.6. The fourth-order valence-electron chi connectivity index (χ4n) is 3.89. The van der Waals surface area contributed by atoms with Gasteiger partial charge in [-0.3, -0.25) is 14.5 Å². The lowest BCUT2D eigenvalue weighted by Gasteiger charge is -2.34. The minimum atomic E-state index is -3.22. The predicted octanol–water partition coefficient (Wildman–Crippen LogP) is 0.936. The molecule has 0 unspecified atom stereocenters. The topological polar surface area (TPSA) is 87.2 Å². The molecule has 2 fully saturated rings. The first-order chi connectivity index (χ1) is 14.4. The van der Waals surface area contributed by atoms with Crippen LogP contribution in [0.1, 0.15) is 25.3 Å². The van der Waals surface area contributed by atoms with Gasteiger partial charge in [0.15, 0.2) is 6.61 Å². The monoisotopic (exact) mass is 437 g/mol. The molecule has 1 amide bonds. The summed E-state index contributed by atoms with van der Waals surface area (Å²) in [4.78, 5) is 28.8. The summed E-state index contributed by atoms with van der Waals surface area (Å²) in [6.45, 7) is 5.71. The first kappa shape index (κ1) is 22.7. The van der Waals surface area contributed by atoms with E-state index in [1.807, 2.05) is 18.2 Å². The maximum absolute atomic E-state index is 12.4. The highest BCUT2D eigenvalue weighted by Crippen LogP contribution is 2.21. The Morgan fingerprint density at radius 2 is 1.63 bits per heavy atom. The summed E-state index contributed by atoms with van der Waals surface area (Å²) in [7, 11) is -3.22. The second-order valence-corrected chi connectivity index (χ2v) is 10.1. The summed E-state index contributed by atoms with van der Waals surface area (Å²) >= 11 is 0. The van der Waals surface area contributed by atoms with Crippen molar-refractivity contribution in [3.63, 3.8) is 0 Å². The molecule has 1 aromatic carbocycles. The Hall–Kier alpha value is -1.97. The molecule has 3 rings (SSSR count). The number of carbonyl (C=O) groups excluding carboxylic acids is 2. The van der Waals surface area contributed by atoms with Crippen LogP contribution in [0.5, 0.6) is 0 Å². The van der Waals surface area contributed by atoms with Gasteiger partial charge in [-0.1, -0.05) is 30.3 Å². The van der Waals surface area contributed by atoms with E-state index in [2.05, 4.69) is 17.0 Å². The highest BCUT2D eigenvalue weighted by molar-refractivity contribution is 7.89. The number of nitrogens with zero attached hydrogens (tertiary/aromatic N) is 3. The van der Waals surface area contributed by atoms with Crippen LogP contribution in [0.15, 0.2) is 30.3 Å².